The van der Waals surface area contributed by atoms with Crippen LogP contribution in [0.5, 0.6) is 5.75 Å². The van der Waals surface area contributed by atoms with E-state index in [4.69, 9.17) is 4.74 Å². The first-order chi connectivity index (χ1) is 15.0. The van der Waals surface area contributed by atoms with Gasteiger partial charge in [-0.05, 0) is 61.4 Å². The van der Waals surface area contributed by atoms with Gasteiger partial charge >= 0.3 is 6.03 Å². The van der Waals surface area contributed by atoms with Gasteiger partial charge in [0.25, 0.3) is 5.91 Å². The Balaban J connectivity index is 1.55. The topological polar surface area (TPSA) is 79.0 Å². The van der Waals surface area contributed by atoms with Crippen molar-refractivity contribution < 1.29 is 23.5 Å². The maximum absolute atomic E-state index is 13.3. The van der Waals surface area contributed by atoms with E-state index in [1.54, 1.807) is 36.3 Å². The van der Waals surface area contributed by atoms with Crippen LogP contribution in [-0.4, -0.2) is 41.9 Å². The van der Waals surface area contributed by atoms with Gasteiger partial charge in [0, 0.05) is 11.7 Å². The van der Waals surface area contributed by atoms with Crippen molar-refractivity contribution in [3.8, 4) is 5.75 Å². The molecule has 4 rings (SSSR count). The number of carbonyl (C=O) groups excluding carboxylic acids is 3. The molecule has 0 unspecified atom stereocenters. The summed E-state index contributed by atoms with van der Waals surface area (Å²) in [5, 5.41) is 2.78. The van der Waals surface area contributed by atoms with Gasteiger partial charge in [-0.1, -0.05) is 12.8 Å². The van der Waals surface area contributed by atoms with E-state index in [2.05, 4.69) is 5.32 Å². The molecule has 8 heteroatoms. The molecule has 1 saturated carbocycles. The first-order valence-corrected chi connectivity index (χ1v) is 10.3. The summed E-state index contributed by atoms with van der Waals surface area (Å²) in [4.78, 5) is 41.7. The van der Waals surface area contributed by atoms with Crippen molar-refractivity contribution in [2.75, 3.05) is 17.3 Å². The summed E-state index contributed by atoms with van der Waals surface area (Å²) in [6.45, 7) is 0. The van der Waals surface area contributed by atoms with E-state index in [0.717, 1.165) is 30.6 Å². The van der Waals surface area contributed by atoms with E-state index in [0.29, 0.717) is 17.1 Å². The van der Waals surface area contributed by atoms with E-state index >= 15 is 0 Å². The number of hydrogen-bond donors (Lipinski definition) is 1. The normalized spacial score (nSPS) is 19.2. The van der Waals surface area contributed by atoms with Gasteiger partial charge in [-0.15, -0.1) is 0 Å². The SMILES string of the molecule is COc1ccc(NC(=O)C[C@@H]2C(=O)N(c3ccc(F)cc3)C(=O)N2C2CCCC2)cc1. The smallest absolute Gasteiger partial charge is 0.332 e. The maximum atomic E-state index is 13.3. The van der Waals surface area contributed by atoms with Crippen LogP contribution in [0, 0.1) is 5.82 Å². The van der Waals surface area contributed by atoms with Crippen molar-refractivity contribution in [3.63, 3.8) is 0 Å². The van der Waals surface area contributed by atoms with Gasteiger partial charge < -0.3 is 15.0 Å². The third-order valence-corrected chi connectivity index (χ3v) is 5.81. The highest BCUT2D eigenvalue weighted by Gasteiger charge is 2.49. The lowest BCUT2D eigenvalue weighted by molar-refractivity contribution is -0.124. The molecule has 4 amide bonds. The Morgan fingerprint density at radius 2 is 1.71 bits per heavy atom. The molecule has 1 atom stereocenters. The molecule has 0 aromatic heterocycles. The minimum absolute atomic E-state index is 0.0827. The zero-order valence-corrected chi connectivity index (χ0v) is 17.2. The molecule has 1 aliphatic heterocycles. The minimum atomic E-state index is -0.890. The van der Waals surface area contributed by atoms with Crippen LogP contribution in [0.2, 0.25) is 0 Å². The molecule has 2 aromatic carbocycles. The maximum Gasteiger partial charge on any atom is 0.332 e. The largest absolute Gasteiger partial charge is 0.497 e. The van der Waals surface area contributed by atoms with Crippen molar-refractivity contribution in [3.05, 3.63) is 54.3 Å². The molecule has 1 aliphatic carbocycles. The van der Waals surface area contributed by atoms with Crippen molar-refractivity contribution >= 4 is 29.2 Å². The molecule has 0 bridgehead atoms. The lowest BCUT2D eigenvalue weighted by Crippen LogP contribution is -2.43. The number of rotatable bonds is 6. The number of imide groups is 1. The highest BCUT2D eigenvalue weighted by molar-refractivity contribution is 6.22. The Kier molecular flexibility index (Phi) is 5.88. The van der Waals surface area contributed by atoms with Crippen LogP contribution in [-0.2, 0) is 9.59 Å². The summed E-state index contributed by atoms with van der Waals surface area (Å²) in [7, 11) is 1.56. The standard InChI is InChI=1S/C23H24FN3O4/c1-31-19-12-8-16(9-13-19)25-21(28)14-20-22(29)27(18-10-6-15(24)7-11-18)23(30)26(20)17-4-2-3-5-17/h6-13,17,20H,2-5,14H2,1H3,(H,25,28)/t20-/m1/s1. The lowest BCUT2D eigenvalue weighted by Gasteiger charge is -2.27. The number of urea groups is 1. The molecule has 162 valence electrons. The molecular weight excluding hydrogens is 401 g/mol. The van der Waals surface area contributed by atoms with Gasteiger partial charge in [0.15, 0.2) is 0 Å². The Morgan fingerprint density at radius 1 is 1.06 bits per heavy atom. The number of ether oxygens (including phenoxy) is 1. The molecule has 2 aromatic rings. The summed E-state index contributed by atoms with van der Waals surface area (Å²) in [6, 6.07) is 10.7. The third-order valence-electron chi connectivity index (χ3n) is 5.81. The fraction of sp³-hybridized carbons (Fsp3) is 0.348. The van der Waals surface area contributed by atoms with Gasteiger partial charge in [-0.3, -0.25) is 9.59 Å². The fourth-order valence-electron chi connectivity index (χ4n) is 4.28. The van der Waals surface area contributed by atoms with Crippen LogP contribution in [0.3, 0.4) is 0 Å². The molecule has 31 heavy (non-hydrogen) atoms. The third kappa shape index (κ3) is 4.23. The molecule has 1 N–H and O–H groups in total. The number of carbonyl (C=O) groups is 3. The van der Waals surface area contributed by atoms with Crippen LogP contribution in [0.1, 0.15) is 32.1 Å². The van der Waals surface area contributed by atoms with Crippen molar-refractivity contribution in [2.24, 2.45) is 0 Å². The quantitative estimate of drug-likeness (QED) is 0.711. The van der Waals surface area contributed by atoms with Gasteiger partial charge in [0.2, 0.25) is 5.91 Å². The molecule has 2 aliphatic rings. The second kappa shape index (κ2) is 8.75. The van der Waals surface area contributed by atoms with Crippen molar-refractivity contribution in [1.29, 1.82) is 0 Å². The number of amides is 4. The number of hydrogen-bond acceptors (Lipinski definition) is 4. The number of methoxy groups -OCH3 is 1. The zero-order chi connectivity index (χ0) is 22.0. The molecular formula is C23H24FN3O4. The average molecular weight is 425 g/mol. The lowest BCUT2D eigenvalue weighted by atomic mass is 10.1. The first-order valence-electron chi connectivity index (χ1n) is 10.3. The Labute approximate surface area is 179 Å². The monoisotopic (exact) mass is 425 g/mol. The number of anilines is 2. The van der Waals surface area contributed by atoms with Gasteiger partial charge in [-0.2, -0.15) is 0 Å². The highest BCUT2D eigenvalue weighted by atomic mass is 19.1. The number of nitrogens with zero attached hydrogens (tertiary/aromatic N) is 2. The molecule has 0 radical (unpaired) electrons. The number of benzene rings is 2. The summed E-state index contributed by atoms with van der Waals surface area (Å²) < 4.78 is 18.4. The summed E-state index contributed by atoms with van der Waals surface area (Å²) in [5.74, 6) is -0.614. The van der Waals surface area contributed by atoms with E-state index in [1.807, 2.05) is 0 Å². The predicted octanol–water partition coefficient (Wildman–Crippen LogP) is 3.94. The molecule has 7 nitrogen and oxygen atoms in total. The zero-order valence-electron chi connectivity index (χ0n) is 17.2. The fourth-order valence-corrected chi connectivity index (χ4v) is 4.28. The van der Waals surface area contributed by atoms with Crippen molar-refractivity contribution in [2.45, 2.75) is 44.2 Å². The summed E-state index contributed by atoms with van der Waals surface area (Å²) in [6.07, 6.45) is 3.40. The van der Waals surface area contributed by atoms with Gasteiger partial charge in [0.05, 0.1) is 19.2 Å². The van der Waals surface area contributed by atoms with Crippen LogP contribution < -0.4 is 15.0 Å². The number of halogens is 1. The van der Waals surface area contributed by atoms with Gasteiger partial charge in [0.1, 0.15) is 17.6 Å². The van der Waals surface area contributed by atoms with Crippen LogP contribution in [0.4, 0.5) is 20.6 Å². The first kappa shape index (κ1) is 20.8. The molecule has 1 saturated heterocycles. The van der Waals surface area contributed by atoms with Crippen LogP contribution in [0.25, 0.3) is 0 Å². The molecule has 0 spiro atoms. The number of nitrogens with one attached hydrogen (secondary N) is 1. The second-order valence-corrected chi connectivity index (χ2v) is 7.77. The van der Waals surface area contributed by atoms with E-state index in [1.165, 1.54) is 24.3 Å². The molecule has 1 heterocycles. The summed E-state index contributed by atoms with van der Waals surface area (Å²) in [5.41, 5.74) is 0.878. The second-order valence-electron chi connectivity index (χ2n) is 7.77. The Bertz CT molecular complexity index is 971. The predicted molar refractivity (Wildman–Crippen MR) is 113 cm³/mol. The van der Waals surface area contributed by atoms with Crippen molar-refractivity contribution in [1.82, 2.24) is 4.90 Å². The van der Waals surface area contributed by atoms with E-state index < -0.39 is 23.8 Å². The van der Waals surface area contributed by atoms with E-state index in [-0.39, 0.29) is 18.4 Å². The average Bonchev–Trinajstić information content (AvgIpc) is 3.36. The minimum Gasteiger partial charge on any atom is -0.497 e. The molecule has 2 fully saturated rings. The Hall–Kier alpha value is -3.42. The summed E-state index contributed by atoms with van der Waals surface area (Å²) >= 11 is 0. The van der Waals surface area contributed by atoms with E-state index in [9.17, 15) is 18.8 Å². The van der Waals surface area contributed by atoms with Crippen LogP contribution >= 0.6 is 0 Å². The highest BCUT2D eigenvalue weighted by Crippen LogP contribution is 2.34. The van der Waals surface area contributed by atoms with Gasteiger partial charge in [-0.25, -0.2) is 14.1 Å². The Morgan fingerprint density at radius 3 is 2.32 bits per heavy atom. The van der Waals surface area contributed by atoms with Crippen LogP contribution in [0.15, 0.2) is 48.5 Å².